The van der Waals surface area contributed by atoms with Gasteiger partial charge in [-0.15, -0.1) is 0 Å². The summed E-state index contributed by atoms with van der Waals surface area (Å²) < 4.78 is 40.0. The van der Waals surface area contributed by atoms with Crippen molar-refractivity contribution in [3.8, 4) is 5.69 Å². The minimum absolute atomic E-state index is 0.166. The van der Waals surface area contributed by atoms with Crippen LogP contribution in [0.1, 0.15) is 35.3 Å². The first-order chi connectivity index (χ1) is 12.8. The molecule has 3 rings (SSSR count). The van der Waals surface area contributed by atoms with E-state index in [0.29, 0.717) is 23.5 Å². The number of hydrogen-bond donors (Lipinski definition) is 1. The van der Waals surface area contributed by atoms with Crippen LogP contribution >= 0.6 is 0 Å². The van der Waals surface area contributed by atoms with Gasteiger partial charge in [0.05, 0.1) is 29.4 Å². The molecule has 1 atom stereocenters. The predicted molar refractivity (Wildman–Crippen MR) is 99.8 cm³/mol. The minimum Gasteiger partial charge on any atom is -0.334 e. The van der Waals surface area contributed by atoms with E-state index >= 15 is 0 Å². The summed E-state index contributed by atoms with van der Waals surface area (Å²) in [5, 5.41) is 4.28. The van der Waals surface area contributed by atoms with Crippen molar-refractivity contribution in [3.63, 3.8) is 0 Å². The molecule has 1 aliphatic heterocycles. The summed E-state index contributed by atoms with van der Waals surface area (Å²) in [5.41, 5.74) is 1.79. The van der Waals surface area contributed by atoms with Crippen molar-refractivity contribution in [2.75, 3.05) is 19.3 Å². The van der Waals surface area contributed by atoms with Crippen LogP contribution in [0.2, 0.25) is 0 Å². The van der Waals surface area contributed by atoms with Gasteiger partial charge >= 0.3 is 0 Å². The molecule has 9 heteroatoms. The fraction of sp³-hybridized carbons (Fsp3) is 0.444. The molecule has 1 saturated heterocycles. The molecule has 0 radical (unpaired) electrons. The van der Waals surface area contributed by atoms with E-state index in [2.05, 4.69) is 9.82 Å². The van der Waals surface area contributed by atoms with Gasteiger partial charge in [0.15, 0.2) is 0 Å². The van der Waals surface area contributed by atoms with E-state index in [9.17, 15) is 17.6 Å². The molecule has 146 valence electrons. The first-order valence-corrected chi connectivity index (χ1v) is 10.7. The highest BCUT2D eigenvalue weighted by atomic mass is 32.2. The highest BCUT2D eigenvalue weighted by Crippen LogP contribution is 2.22. The molecule has 1 aromatic carbocycles. The Labute approximate surface area is 158 Å². The van der Waals surface area contributed by atoms with E-state index in [0.717, 1.165) is 25.5 Å². The van der Waals surface area contributed by atoms with Crippen molar-refractivity contribution in [3.05, 3.63) is 47.5 Å². The summed E-state index contributed by atoms with van der Waals surface area (Å²) in [6.07, 6.45) is 5.20. The molecule has 27 heavy (non-hydrogen) atoms. The lowest BCUT2D eigenvalue weighted by Crippen LogP contribution is -2.49. The van der Waals surface area contributed by atoms with Gasteiger partial charge in [0.25, 0.3) is 5.91 Å². The maximum absolute atomic E-state index is 13.1. The molecule has 2 aromatic rings. The Morgan fingerprint density at radius 2 is 2.00 bits per heavy atom. The fourth-order valence-corrected chi connectivity index (χ4v) is 3.84. The first-order valence-electron chi connectivity index (χ1n) is 8.82. The third kappa shape index (κ3) is 4.54. The first kappa shape index (κ1) is 19.5. The maximum atomic E-state index is 13.1. The van der Waals surface area contributed by atoms with Gasteiger partial charge in [-0.1, -0.05) is 0 Å². The molecule has 1 unspecified atom stereocenters. The summed E-state index contributed by atoms with van der Waals surface area (Å²) >= 11 is 0. The predicted octanol–water partition coefficient (Wildman–Crippen LogP) is 1.86. The SMILES string of the molecule is Cc1c(C(=O)N2CCCCC2CNS(C)(=O)=O)cnn1-c1ccc(F)cc1. The standard InChI is InChI=1S/C18H23FN4O3S/c1-13-17(12-20-23(13)15-8-6-14(19)7-9-15)18(24)22-10-4-3-5-16(22)11-21-27(2,25)26/h6-9,12,16,21H,3-5,10-11H2,1-2H3. The molecular formula is C18H23FN4O3S. The van der Waals surface area contributed by atoms with Crippen molar-refractivity contribution in [2.24, 2.45) is 0 Å². The zero-order chi connectivity index (χ0) is 19.6. The molecule has 0 bridgehead atoms. The minimum atomic E-state index is -3.32. The molecule has 1 amide bonds. The Morgan fingerprint density at radius 3 is 2.67 bits per heavy atom. The molecule has 0 spiro atoms. The maximum Gasteiger partial charge on any atom is 0.257 e. The number of hydrogen-bond acceptors (Lipinski definition) is 4. The van der Waals surface area contributed by atoms with Crippen LogP contribution in [0, 0.1) is 12.7 Å². The monoisotopic (exact) mass is 394 g/mol. The van der Waals surface area contributed by atoms with Crippen LogP contribution in [-0.2, 0) is 10.0 Å². The highest BCUT2D eigenvalue weighted by molar-refractivity contribution is 7.88. The normalized spacial score (nSPS) is 17.9. The van der Waals surface area contributed by atoms with Crippen molar-refractivity contribution in [1.29, 1.82) is 0 Å². The number of aromatic nitrogens is 2. The second-order valence-electron chi connectivity index (χ2n) is 6.80. The number of carbonyl (C=O) groups is 1. The van der Waals surface area contributed by atoms with E-state index in [4.69, 9.17) is 0 Å². The van der Waals surface area contributed by atoms with E-state index in [1.165, 1.54) is 18.3 Å². The average molecular weight is 394 g/mol. The van der Waals surface area contributed by atoms with Crippen LogP contribution in [0.3, 0.4) is 0 Å². The molecule has 1 fully saturated rings. The van der Waals surface area contributed by atoms with Gasteiger partial charge in [0, 0.05) is 19.1 Å². The number of nitrogens with one attached hydrogen (secondary N) is 1. The molecule has 1 aromatic heterocycles. The van der Waals surface area contributed by atoms with Crippen molar-refractivity contribution < 1.29 is 17.6 Å². The van der Waals surface area contributed by atoms with Gasteiger partial charge in [0.1, 0.15) is 5.82 Å². The number of sulfonamides is 1. The van der Waals surface area contributed by atoms with Crippen LogP contribution in [-0.4, -0.2) is 54.4 Å². The van der Waals surface area contributed by atoms with Gasteiger partial charge in [-0.3, -0.25) is 4.79 Å². The molecule has 7 nitrogen and oxygen atoms in total. The Bertz CT molecular complexity index is 925. The lowest BCUT2D eigenvalue weighted by atomic mass is 10.0. The van der Waals surface area contributed by atoms with Gasteiger partial charge < -0.3 is 4.90 Å². The number of likely N-dealkylation sites (tertiary alicyclic amines) is 1. The van der Waals surface area contributed by atoms with Crippen molar-refractivity contribution in [2.45, 2.75) is 32.2 Å². The van der Waals surface area contributed by atoms with Crippen LogP contribution in [0.15, 0.2) is 30.5 Å². The zero-order valence-electron chi connectivity index (χ0n) is 15.4. The molecule has 2 heterocycles. The second kappa shape index (κ2) is 7.77. The lowest BCUT2D eigenvalue weighted by Gasteiger charge is -2.35. The van der Waals surface area contributed by atoms with E-state index in [1.807, 2.05) is 0 Å². The average Bonchev–Trinajstić information content (AvgIpc) is 3.01. The van der Waals surface area contributed by atoms with Gasteiger partial charge in [-0.2, -0.15) is 5.10 Å². The Hall–Kier alpha value is -2.26. The highest BCUT2D eigenvalue weighted by Gasteiger charge is 2.30. The second-order valence-corrected chi connectivity index (χ2v) is 8.63. The Balaban J connectivity index is 1.82. The summed E-state index contributed by atoms with van der Waals surface area (Å²) in [5.74, 6) is -0.504. The summed E-state index contributed by atoms with van der Waals surface area (Å²) in [7, 11) is -3.32. The van der Waals surface area contributed by atoms with E-state index in [-0.39, 0.29) is 24.3 Å². The van der Waals surface area contributed by atoms with Gasteiger partial charge in [-0.25, -0.2) is 22.2 Å². The quantitative estimate of drug-likeness (QED) is 0.839. The van der Waals surface area contributed by atoms with Crippen LogP contribution < -0.4 is 4.72 Å². The van der Waals surface area contributed by atoms with E-state index < -0.39 is 10.0 Å². The number of benzene rings is 1. The van der Waals surface area contributed by atoms with Crippen molar-refractivity contribution in [1.82, 2.24) is 19.4 Å². The number of nitrogens with zero attached hydrogens (tertiary/aromatic N) is 3. The molecule has 0 aliphatic carbocycles. The number of rotatable bonds is 5. The molecule has 1 N–H and O–H groups in total. The number of amides is 1. The smallest absolute Gasteiger partial charge is 0.257 e. The van der Waals surface area contributed by atoms with Crippen LogP contribution in [0.5, 0.6) is 0 Å². The number of carbonyl (C=O) groups excluding carboxylic acids is 1. The largest absolute Gasteiger partial charge is 0.334 e. The van der Waals surface area contributed by atoms with Crippen molar-refractivity contribution >= 4 is 15.9 Å². The number of halogens is 1. The topological polar surface area (TPSA) is 84.3 Å². The van der Waals surface area contributed by atoms with Crippen LogP contribution in [0.4, 0.5) is 4.39 Å². The summed E-state index contributed by atoms with van der Waals surface area (Å²) in [6, 6.07) is 5.70. The number of piperidine rings is 1. The zero-order valence-corrected chi connectivity index (χ0v) is 16.2. The van der Waals surface area contributed by atoms with E-state index in [1.54, 1.807) is 28.6 Å². The summed E-state index contributed by atoms with van der Waals surface area (Å²) in [4.78, 5) is 14.8. The third-order valence-electron chi connectivity index (χ3n) is 4.78. The molecule has 0 saturated carbocycles. The Kier molecular flexibility index (Phi) is 5.61. The lowest BCUT2D eigenvalue weighted by molar-refractivity contribution is 0.0618. The van der Waals surface area contributed by atoms with Crippen LogP contribution in [0.25, 0.3) is 5.69 Å². The third-order valence-corrected chi connectivity index (χ3v) is 5.47. The van der Waals surface area contributed by atoms with Gasteiger partial charge in [-0.05, 0) is 50.5 Å². The summed E-state index contributed by atoms with van der Waals surface area (Å²) in [6.45, 7) is 2.57. The van der Waals surface area contributed by atoms with Gasteiger partial charge in [0.2, 0.25) is 10.0 Å². The Morgan fingerprint density at radius 1 is 1.30 bits per heavy atom. The molecule has 1 aliphatic rings. The molecular weight excluding hydrogens is 371 g/mol. The fourth-order valence-electron chi connectivity index (χ4n) is 3.34.